The second-order valence-corrected chi connectivity index (χ2v) is 5.49. The van der Waals surface area contributed by atoms with Gasteiger partial charge in [0.1, 0.15) is 23.1 Å². The topological polar surface area (TPSA) is 64.7 Å². The molecule has 0 radical (unpaired) electrons. The minimum Gasteiger partial charge on any atom is -0.496 e. The van der Waals surface area contributed by atoms with Crippen LogP contribution in [0.2, 0.25) is 10.0 Å². The molecule has 0 fully saturated rings. The molecule has 0 bridgehead atoms. The Hall–Kier alpha value is -1.46. The van der Waals surface area contributed by atoms with E-state index in [1.807, 2.05) is 12.1 Å². The van der Waals surface area contributed by atoms with Gasteiger partial charge >= 0.3 is 0 Å². The lowest BCUT2D eigenvalue weighted by Crippen LogP contribution is -2.15. The zero-order valence-electron chi connectivity index (χ0n) is 12.1. The summed E-state index contributed by atoms with van der Waals surface area (Å²) in [4.78, 5) is 0. The van der Waals surface area contributed by atoms with Gasteiger partial charge in [-0.25, -0.2) is 0 Å². The highest BCUT2D eigenvalue weighted by molar-refractivity contribution is 6.42. The molecule has 118 valence electrons. The molecule has 6 heteroatoms. The van der Waals surface area contributed by atoms with Gasteiger partial charge < -0.3 is 20.3 Å². The summed E-state index contributed by atoms with van der Waals surface area (Å²) in [5, 5.41) is 9.96. The number of rotatable bonds is 6. The van der Waals surface area contributed by atoms with Crippen LogP contribution in [-0.4, -0.2) is 18.8 Å². The van der Waals surface area contributed by atoms with Gasteiger partial charge in [0.15, 0.2) is 0 Å². The summed E-state index contributed by atoms with van der Waals surface area (Å²) >= 11 is 12.1. The van der Waals surface area contributed by atoms with E-state index in [1.54, 1.807) is 31.4 Å². The van der Waals surface area contributed by atoms with Gasteiger partial charge in [-0.15, -0.1) is 0 Å². The number of nitrogens with two attached hydrogens (primary N) is 1. The smallest absolute Gasteiger partial charge is 0.139 e. The predicted octanol–water partition coefficient (Wildman–Crippen LogP) is 3.57. The highest BCUT2D eigenvalue weighted by Gasteiger charge is 2.11. The molecule has 4 nitrogen and oxygen atoms in total. The third kappa shape index (κ3) is 3.84. The molecule has 0 saturated carbocycles. The number of methoxy groups -OCH3 is 1. The number of hydrogen-bond acceptors (Lipinski definition) is 4. The first-order valence-electron chi connectivity index (χ1n) is 6.67. The molecule has 0 aliphatic heterocycles. The van der Waals surface area contributed by atoms with E-state index >= 15 is 0 Å². The molecule has 1 atom stereocenters. The van der Waals surface area contributed by atoms with Crippen LogP contribution in [0.5, 0.6) is 11.5 Å². The number of aliphatic hydroxyl groups excluding tert-OH is 1. The van der Waals surface area contributed by atoms with Crippen molar-refractivity contribution in [3.8, 4) is 11.5 Å². The minimum absolute atomic E-state index is 0.132. The molecule has 3 N–H and O–H groups in total. The predicted molar refractivity (Wildman–Crippen MR) is 87.8 cm³/mol. The monoisotopic (exact) mass is 341 g/mol. The van der Waals surface area contributed by atoms with E-state index in [9.17, 15) is 0 Å². The summed E-state index contributed by atoms with van der Waals surface area (Å²) in [6.07, 6.45) is 0. The number of ether oxygens (including phenoxy) is 2. The second kappa shape index (κ2) is 7.70. The fourth-order valence-corrected chi connectivity index (χ4v) is 2.34. The van der Waals surface area contributed by atoms with E-state index in [-0.39, 0.29) is 13.2 Å². The van der Waals surface area contributed by atoms with Gasteiger partial charge in [0, 0.05) is 5.56 Å². The van der Waals surface area contributed by atoms with E-state index < -0.39 is 6.04 Å². The number of benzene rings is 2. The highest BCUT2D eigenvalue weighted by atomic mass is 35.5. The summed E-state index contributed by atoms with van der Waals surface area (Å²) in [7, 11) is 1.58. The first-order valence-corrected chi connectivity index (χ1v) is 7.42. The summed E-state index contributed by atoms with van der Waals surface area (Å²) in [6.45, 7) is 0.113. The van der Waals surface area contributed by atoms with Crippen LogP contribution in [0.1, 0.15) is 17.2 Å². The average Bonchev–Trinajstić information content (AvgIpc) is 2.55. The zero-order valence-corrected chi connectivity index (χ0v) is 13.6. The maximum absolute atomic E-state index is 9.16. The molecule has 22 heavy (non-hydrogen) atoms. The second-order valence-electron chi connectivity index (χ2n) is 4.70. The van der Waals surface area contributed by atoms with Gasteiger partial charge in [-0.3, -0.25) is 0 Å². The van der Waals surface area contributed by atoms with Gasteiger partial charge in [-0.1, -0.05) is 35.3 Å². The lowest BCUT2D eigenvalue weighted by molar-refractivity contribution is 0.267. The fourth-order valence-electron chi connectivity index (χ4n) is 2.00. The molecule has 0 amide bonds. The molecule has 0 aliphatic carbocycles. The van der Waals surface area contributed by atoms with Gasteiger partial charge in [0.25, 0.3) is 0 Å². The Morgan fingerprint density at radius 2 is 1.95 bits per heavy atom. The molecule has 0 aromatic heterocycles. The fraction of sp³-hybridized carbons (Fsp3) is 0.250. The number of halogens is 2. The van der Waals surface area contributed by atoms with Crippen LogP contribution in [0.25, 0.3) is 0 Å². The van der Waals surface area contributed by atoms with Crippen molar-refractivity contribution in [3.63, 3.8) is 0 Å². The van der Waals surface area contributed by atoms with Crippen molar-refractivity contribution in [2.24, 2.45) is 5.73 Å². The molecule has 0 heterocycles. The van der Waals surface area contributed by atoms with Crippen LogP contribution in [-0.2, 0) is 6.61 Å². The minimum atomic E-state index is -0.445. The van der Waals surface area contributed by atoms with Crippen LogP contribution in [0.15, 0.2) is 36.4 Å². The van der Waals surface area contributed by atoms with E-state index in [0.29, 0.717) is 21.5 Å². The molecule has 2 rings (SSSR count). The van der Waals surface area contributed by atoms with Crippen molar-refractivity contribution in [2.75, 3.05) is 13.7 Å². The molecule has 2 aromatic rings. The Kier molecular flexibility index (Phi) is 5.91. The van der Waals surface area contributed by atoms with Crippen LogP contribution < -0.4 is 15.2 Å². The molecule has 0 saturated heterocycles. The summed E-state index contributed by atoms with van der Waals surface area (Å²) < 4.78 is 11.0. The van der Waals surface area contributed by atoms with Crippen LogP contribution in [0, 0.1) is 0 Å². The molecule has 0 unspecified atom stereocenters. The van der Waals surface area contributed by atoms with E-state index in [4.69, 9.17) is 43.5 Å². The lowest BCUT2D eigenvalue weighted by atomic mass is 10.0. The van der Waals surface area contributed by atoms with E-state index in [1.165, 1.54) is 0 Å². The van der Waals surface area contributed by atoms with Crippen molar-refractivity contribution in [3.05, 3.63) is 57.6 Å². The van der Waals surface area contributed by atoms with Crippen LogP contribution >= 0.6 is 23.2 Å². The normalized spacial score (nSPS) is 12.0. The summed E-state index contributed by atoms with van der Waals surface area (Å²) in [5.41, 5.74) is 7.45. The van der Waals surface area contributed by atoms with Crippen LogP contribution in [0.3, 0.4) is 0 Å². The molecular formula is C16H17Cl2NO3. The summed E-state index contributed by atoms with van der Waals surface area (Å²) in [5.74, 6) is 1.17. The third-order valence-corrected chi connectivity index (χ3v) is 4.03. The first-order chi connectivity index (χ1) is 10.6. The molecule has 0 aliphatic rings. The maximum atomic E-state index is 9.16. The van der Waals surface area contributed by atoms with Gasteiger partial charge in [0.05, 0.1) is 24.8 Å². The largest absolute Gasteiger partial charge is 0.496 e. The van der Waals surface area contributed by atoms with Crippen LogP contribution in [0.4, 0.5) is 0 Å². The highest BCUT2D eigenvalue weighted by Crippen LogP contribution is 2.33. The Bertz CT molecular complexity index is 649. The van der Waals surface area contributed by atoms with Crippen molar-refractivity contribution >= 4 is 23.2 Å². The van der Waals surface area contributed by atoms with Gasteiger partial charge in [0.2, 0.25) is 0 Å². The van der Waals surface area contributed by atoms with E-state index in [2.05, 4.69) is 0 Å². The van der Waals surface area contributed by atoms with Gasteiger partial charge in [-0.05, 0) is 29.8 Å². The van der Waals surface area contributed by atoms with Crippen molar-refractivity contribution in [2.45, 2.75) is 12.6 Å². The van der Waals surface area contributed by atoms with E-state index in [0.717, 1.165) is 11.1 Å². The summed E-state index contributed by atoms with van der Waals surface area (Å²) in [6, 6.07) is 10.2. The Morgan fingerprint density at radius 3 is 2.64 bits per heavy atom. The maximum Gasteiger partial charge on any atom is 0.139 e. The Morgan fingerprint density at radius 1 is 1.18 bits per heavy atom. The Labute approximate surface area is 139 Å². The molecular weight excluding hydrogens is 325 g/mol. The Balaban J connectivity index is 2.22. The van der Waals surface area contributed by atoms with Crippen molar-refractivity contribution < 1.29 is 14.6 Å². The SMILES string of the molecule is COc1ccc([C@@H](N)CO)cc1COc1cccc(Cl)c1Cl. The number of aliphatic hydroxyl groups is 1. The standard InChI is InChI=1S/C16H17Cl2NO3/c1-21-14-6-5-10(13(19)8-20)7-11(14)9-22-15-4-2-3-12(17)16(15)18/h2-7,13,20H,8-9,19H2,1H3/t13-/m0/s1. The van der Waals surface area contributed by atoms with Gasteiger partial charge in [-0.2, -0.15) is 0 Å². The quantitative estimate of drug-likeness (QED) is 0.842. The van der Waals surface area contributed by atoms with Crippen molar-refractivity contribution in [1.29, 1.82) is 0 Å². The first kappa shape index (κ1) is 16.9. The zero-order chi connectivity index (χ0) is 16.1. The average molecular weight is 342 g/mol. The molecule has 0 spiro atoms. The lowest BCUT2D eigenvalue weighted by Gasteiger charge is -2.15. The molecule has 2 aromatic carbocycles. The third-order valence-electron chi connectivity index (χ3n) is 3.23. The van der Waals surface area contributed by atoms with Crippen molar-refractivity contribution in [1.82, 2.24) is 0 Å². The number of hydrogen-bond donors (Lipinski definition) is 2.